The molecule has 0 atom stereocenters. The lowest BCUT2D eigenvalue weighted by Crippen LogP contribution is -2.59. The summed E-state index contributed by atoms with van der Waals surface area (Å²) in [4.78, 5) is 16.3. The molecule has 2 heterocycles. The number of hydrogen-bond acceptors (Lipinski definition) is 4. The Hall–Kier alpha value is -1.46. The summed E-state index contributed by atoms with van der Waals surface area (Å²) >= 11 is 0. The number of amides is 1. The van der Waals surface area contributed by atoms with Crippen LogP contribution in [0.4, 0.5) is 4.79 Å². The maximum absolute atomic E-state index is 10.7. The van der Waals surface area contributed by atoms with E-state index < -0.39 is 6.09 Å². The van der Waals surface area contributed by atoms with Gasteiger partial charge in [-0.2, -0.15) is 0 Å². The zero-order chi connectivity index (χ0) is 10.9. The highest BCUT2D eigenvalue weighted by Crippen LogP contribution is 2.27. The monoisotopic (exact) mass is 212 g/mol. The predicted molar refractivity (Wildman–Crippen MR) is 55.8 cm³/mol. The maximum atomic E-state index is 10.7. The summed E-state index contributed by atoms with van der Waals surface area (Å²) in [5.41, 5.74) is 5.63. The fraction of sp³-hybridized carbons (Fsp3) is 0.778. The summed E-state index contributed by atoms with van der Waals surface area (Å²) in [6.07, 6.45) is 1.74. The van der Waals surface area contributed by atoms with Crippen molar-refractivity contribution in [3.8, 4) is 0 Å². The molecule has 6 nitrogen and oxygen atoms in total. The van der Waals surface area contributed by atoms with Gasteiger partial charge in [0.2, 0.25) is 0 Å². The molecule has 0 aromatic heterocycles. The Labute approximate surface area is 88.1 Å². The molecule has 2 aliphatic rings. The third-order valence-electron chi connectivity index (χ3n) is 3.26. The highest BCUT2D eigenvalue weighted by Gasteiger charge is 2.37. The number of nitrogens with two attached hydrogens (primary N) is 1. The number of piperidine rings is 1. The van der Waals surface area contributed by atoms with E-state index in [1.54, 1.807) is 0 Å². The first-order chi connectivity index (χ1) is 7.11. The average molecular weight is 212 g/mol. The Morgan fingerprint density at radius 2 is 2.13 bits per heavy atom. The van der Waals surface area contributed by atoms with Gasteiger partial charge in [0.15, 0.2) is 5.96 Å². The minimum atomic E-state index is -0.831. The summed E-state index contributed by atoms with van der Waals surface area (Å²) in [6.45, 7) is 1.90. The molecule has 15 heavy (non-hydrogen) atoms. The molecule has 0 aromatic rings. The molecule has 0 unspecified atom stereocenters. The molecular formula is C9H16N4O2. The Balaban J connectivity index is 1.97. The highest BCUT2D eigenvalue weighted by atomic mass is 16.4. The summed E-state index contributed by atoms with van der Waals surface area (Å²) in [5.74, 6) is 0.491. The van der Waals surface area contributed by atoms with Gasteiger partial charge in [0.1, 0.15) is 0 Å². The zero-order valence-corrected chi connectivity index (χ0v) is 8.57. The van der Waals surface area contributed by atoms with Crippen molar-refractivity contribution >= 4 is 12.1 Å². The quantitative estimate of drug-likeness (QED) is 0.519. The molecule has 2 rings (SSSR count). The van der Waals surface area contributed by atoms with Gasteiger partial charge in [-0.15, -0.1) is 0 Å². The molecule has 0 bridgehead atoms. The number of likely N-dealkylation sites (tertiary alicyclic amines) is 1. The van der Waals surface area contributed by atoms with Crippen molar-refractivity contribution in [3.63, 3.8) is 0 Å². The second-order valence-electron chi connectivity index (χ2n) is 4.19. The fourth-order valence-electron chi connectivity index (χ4n) is 2.27. The largest absolute Gasteiger partial charge is 0.465 e. The van der Waals surface area contributed by atoms with Gasteiger partial charge in [-0.05, 0) is 19.3 Å². The van der Waals surface area contributed by atoms with Crippen LogP contribution in [0.1, 0.15) is 19.3 Å². The molecule has 0 aromatic carbocycles. The van der Waals surface area contributed by atoms with Gasteiger partial charge in [-0.25, -0.2) is 4.79 Å². The van der Waals surface area contributed by atoms with Crippen LogP contribution in [0, 0.1) is 0 Å². The van der Waals surface area contributed by atoms with Crippen molar-refractivity contribution in [1.82, 2.24) is 10.2 Å². The molecule has 1 fully saturated rings. The van der Waals surface area contributed by atoms with E-state index in [1.165, 1.54) is 4.90 Å². The summed E-state index contributed by atoms with van der Waals surface area (Å²) in [5, 5.41) is 12.0. The van der Waals surface area contributed by atoms with E-state index in [2.05, 4.69) is 10.3 Å². The summed E-state index contributed by atoms with van der Waals surface area (Å²) in [7, 11) is 0. The number of carboxylic acid groups (broad SMARTS) is 1. The van der Waals surface area contributed by atoms with Crippen molar-refractivity contribution < 1.29 is 9.90 Å². The first kappa shape index (κ1) is 10.1. The topological polar surface area (TPSA) is 91.0 Å². The standard InChI is InChI=1S/C9H16N4O2/c10-7-11-4-1-9(12-7)2-5-13(6-3-9)8(14)15/h1-6H2,(H,14,15)(H3,10,11,12). The molecular weight excluding hydrogens is 196 g/mol. The van der Waals surface area contributed by atoms with E-state index in [4.69, 9.17) is 10.8 Å². The van der Waals surface area contributed by atoms with Gasteiger partial charge in [0, 0.05) is 25.2 Å². The minimum absolute atomic E-state index is 0.0161. The van der Waals surface area contributed by atoms with Crippen molar-refractivity contribution in [1.29, 1.82) is 0 Å². The van der Waals surface area contributed by atoms with Crippen molar-refractivity contribution in [2.75, 3.05) is 19.6 Å². The van der Waals surface area contributed by atoms with Crippen LogP contribution in [0.3, 0.4) is 0 Å². The van der Waals surface area contributed by atoms with Crippen LogP contribution in [-0.4, -0.2) is 47.2 Å². The molecule has 6 heteroatoms. The third-order valence-corrected chi connectivity index (χ3v) is 3.26. The van der Waals surface area contributed by atoms with E-state index in [1.807, 2.05) is 0 Å². The Morgan fingerprint density at radius 3 is 2.67 bits per heavy atom. The zero-order valence-electron chi connectivity index (χ0n) is 8.57. The molecule has 4 N–H and O–H groups in total. The average Bonchev–Trinajstić information content (AvgIpc) is 2.18. The Morgan fingerprint density at radius 1 is 1.47 bits per heavy atom. The summed E-state index contributed by atoms with van der Waals surface area (Å²) < 4.78 is 0. The van der Waals surface area contributed by atoms with Gasteiger partial charge in [-0.3, -0.25) is 4.99 Å². The van der Waals surface area contributed by atoms with Crippen molar-refractivity contribution in [2.24, 2.45) is 10.7 Å². The molecule has 84 valence electrons. The van der Waals surface area contributed by atoms with Crippen LogP contribution in [0.2, 0.25) is 0 Å². The molecule has 0 radical (unpaired) electrons. The lowest BCUT2D eigenvalue weighted by molar-refractivity contribution is 0.109. The second-order valence-corrected chi connectivity index (χ2v) is 4.19. The molecule has 1 spiro atoms. The molecule has 1 amide bonds. The number of rotatable bonds is 0. The van der Waals surface area contributed by atoms with E-state index in [0.29, 0.717) is 19.0 Å². The van der Waals surface area contributed by atoms with Gasteiger partial charge >= 0.3 is 6.09 Å². The normalized spacial score (nSPS) is 24.5. The minimum Gasteiger partial charge on any atom is -0.465 e. The smallest absolute Gasteiger partial charge is 0.407 e. The fourth-order valence-corrected chi connectivity index (χ4v) is 2.27. The number of nitrogens with one attached hydrogen (secondary N) is 1. The van der Waals surface area contributed by atoms with Crippen LogP contribution in [-0.2, 0) is 0 Å². The Kier molecular flexibility index (Phi) is 2.42. The van der Waals surface area contributed by atoms with E-state index in [0.717, 1.165) is 25.8 Å². The molecule has 0 saturated carbocycles. The number of nitrogens with zero attached hydrogens (tertiary/aromatic N) is 2. The number of aliphatic imine (C=N–C) groups is 1. The van der Waals surface area contributed by atoms with Crippen LogP contribution in [0.15, 0.2) is 4.99 Å². The second kappa shape index (κ2) is 3.60. The van der Waals surface area contributed by atoms with E-state index in [9.17, 15) is 4.79 Å². The first-order valence-electron chi connectivity index (χ1n) is 5.17. The first-order valence-corrected chi connectivity index (χ1v) is 5.17. The molecule has 2 aliphatic heterocycles. The number of carbonyl (C=O) groups is 1. The van der Waals surface area contributed by atoms with Gasteiger partial charge in [-0.1, -0.05) is 0 Å². The van der Waals surface area contributed by atoms with Crippen molar-refractivity contribution in [2.45, 2.75) is 24.8 Å². The lowest BCUT2D eigenvalue weighted by atomic mass is 9.84. The van der Waals surface area contributed by atoms with Crippen LogP contribution in [0.5, 0.6) is 0 Å². The number of guanidine groups is 1. The maximum Gasteiger partial charge on any atom is 0.407 e. The van der Waals surface area contributed by atoms with Crippen LogP contribution >= 0.6 is 0 Å². The molecule has 0 aliphatic carbocycles. The SMILES string of the molecule is NC1=NCCC2(CCN(C(=O)O)CC2)N1. The highest BCUT2D eigenvalue weighted by molar-refractivity contribution is 5.79. The van der Waals surface area contributed by atoms with E-state index in [-0.39, 0.29) is 5.54 Å². The van der Waals surface area contributed by atoms with Crippen molar-refractivity contribution in [3.05, 3.63) is 0 Å². The van der Waals surface area contributed by atoms with Crippen LogP contribution < -0.4 is 11.1 Å². The number of hydrogen-bond donors (Lipinski definition) is 3. The van der Waals surface area contributed by atoms with Gasteiger partial charge in [0.25, 0.3) is 0 Å². The lowest BCUT2D eigenvalue weighted by Gasteiger charge is -2.43. The van der Waals surface area contributed by atoms with Crippen LogP contribution in [0.25, 0.3) is 0 Å². The predicted octanol–water partition coefficient (Wildman–Crippen LogP) is -0.193. The van der Waals surface area contributed by atoms with Gasteiger partial charge in [0.05, 0.1) is 0 Å². The third kappa shape index (κ3) is 1.98. The van der Waals surface area contributed by atoms with E-state index >= 15 is 0 Å². The summed E-state index contributed by atoms with van der Waals surface area (Å²) in [6, 6.07) is 0. The van der Waals surface area contributed by atoms with Gasteiger partial charge < -0.3 is 21.1 Å². The Bertz CT molecular complexity index is 294. The molecule has 1 saturated heterocycles.